The number of carbonyl (C=O) groups is 1. The number of nitrogens with one attached hydrogen (secondary N) is 2. The fourth-order valence-corrected chi connectivity index (χ4v) is 2.63. The molecular formula is C18H25N2O4+. The molecule has 1 heterocycles. The average molecular weight is 333 g/mol. The first-order chi connectivity index (χ1) is 11.6. The predicted molar refractivity (Wildman–Crippen MR) is 92.9 cm³/mol. The van der Waals surface area contributed by atoms with Gasteiger partial charge in [0, 0.05) is 18.4 Å². The second-order valence-corrected chi connectivity index (χ2v) is 5.67. The largest absolute Gasteiger partial charge is 0.497 e. The molecule has 1 aromatic carbocycles. The van der Waals surface area contributed by atoms with Crippen molar-refractivity contribution >= 4 is 16.9 Å². The first-order valence-electron chi connectivity index (χ1n) is 8.32. The highest BCUT2D eigenvalue weighted by atomic mass is 16.5. The van der Waals surface area contributed by atoms with Crippen molar-refractivity contribution < 1.29 is 18.8 Å². The second kappa shape index (κ2) is 8.49. The normalized spacial score (nSPS) is 11.0. The Morgan fingerprint density at radius 2 is 2.00 bits per heavy atom. The molecule has 130 valence electrons. The Bertz CT molecular complexity index is 750. The van der Waals surface area contributed by atoms with E-state index in [2.05, 4.69) is 19.2 Å². The minimum absolute atomic E-state index is 0.0194. The van der Waals surface area contributed by atoms with Crippen LogP contribution in [0.5, 0.6) is 5.75 Å². The van der Waals surface area contributed by atoms with E-state index in [1.165, 1.54) is 4.90 Å². The summed E-state index contributed by atoms with van der Waals surface area (Å²) in [6.45, 7) is 7.97. The van der Waals surface area contributed by atoms with Crippen molar-refractivity contribution in [1.29, 1.82) is 0 Å². The number of ether oxygens (including phenoxy) is 1. The summed E-state index contributed by atoms with van der Waals surface area (Å²) in [6.07, 6.45) is 0.871. The molecule has 0 unspecified atom stereocenters. The summed E-state index contributed by atoms with van der Waals surface area (Å²) in [6, 6.07) is 6.65. The van der Waals surface area contributed by atoms with E-state index in [9.17, 15) is 9.59 Å². The quantitative estimate of drug-likeness (QED) is 0.555. The van der Waals surface area contributed by atoms with Crippen LogP contribution in [-0.4, -0.2) is 39.2 Å². The van der Waals surface area contributed by atoms with Gasteiger partial charge in [0.25, 0.3) is 5.91 Å². The van der Waals surface area contributed by atoms with Crippen molar-refractivity contribution in [2.45, 2.75) is 20.3 Å². The lowest BCUT2D eigenvalue weighted by Gasteiger charge is -2.15. The Hall–Kier alpha value is -2.34. The molecule has 1 amide bonds. The number of hydrogen-bond acceptors (Lipinski definition) is 4. The van der Waals surface area contributed by atoms with Gasteiger partial charge in [0.05, 0.1) is 26.7 Å². The topological polar surface area (TPSA) is 73.0 Å². The molecular weight excluding hydrogens is 308 g/mol. The molecule has 0 atom stereocenters. The lowest BCUT2D eigenvalue weighted by atomic mass is 10.1. The average Bonchev–Trinajstić information content (AvgIpc) is 2.60. The van der Waals surface area contributed by atoms with Crippen molar-refractivity contribution in [3.63, 3.8) is 0 Å². The van der Waals surface area contributed by atoms with Crippen LogP contribution in [0.15, 0.2) is 33.5 Å². The maximum absolute atomic E-state index is 12.2. The van der Waals surface area contributed by atoms with Gasteiger partial charge >= 0.3 is 5.63 Å². The Morgan fingerprint density at radius 3 is 2.67 bits per heavy atom. The molecule has 0 radical (unpaired) electrons. The fraction of sp³-hybridized carbons (Fsp3) is 0.444. The van der Waals surface area contributed by atoms with Gasteiger partial charge in [0.2, 0.25) is 0 Å². The number of quaternary nitrogens is 1. The van der Waals surface area contributed by atoms with Gasteiger partial charge in [-0.2, -0.15) is 0 Å². The predicted octanol–water partition coefficient (Wildman–Crippen LogP) is 0.846. The highest BCUT2D eigenvalue weighted by molar-refractivity contribution is 5.96. The fourth-order valence-electron chi connectivity index (χ4n) is 2.63. The monoisotopic (exact) mass is 333 g/mol. The number of fused-ring (bicyclic) bond motifs is 1. The van der Waals surface area contributed by atoms with Crippen molar-refractivity contribution in [2.75, 3.05) is 33.3 Å². The molecule has 24 heavy (non-hydrogen) atoms. The summed E-state index contributed by atoms with van der Waals surface area (Å²) in [7, 11) is 1.56. The molecule has 0 saturated heterocycles. The zero-order chi connectivity index (χ0) is 17.5. The van der Waals surface area contributed by atoms with Gasteiger partial charge in [-0.25, -0.2) is 4.79 Å². The Balaban J connectivity index is 2.06. The molecule has 0 fully saturated rings. The van der Waals surface area contributed by atoms with Crippen LogP contribution in [-0.2, 0) is 0 Å². The molecule has 2 N–H and O–H groups in total. The third kappa shape index (κ3) is 4.35. The summed E-state index contributed by atoms with van der Waals surface area (Å²) in [5, 5.41) is 3.45. The molecule has 0 aliphatic heterocycles. The third-order valence-corrected chi connectivity index (χ3v) is 4.18. The van der Waals surface area contributed by atoms with E-state index in [0.29, 0.717) is 23.3 Å². The first-order valence-corrected chi connectivity index (χ1v) is 8.32. The van der Waals surface area contributed by atoms with Crippen LogP contribution in [0.2, 0.25) is 0 Å². The van der Waals surface area contributed by atoms with Crippen molar-refractivity contribution in [2.24, 2.45) is 0 Å². The summed E-state index contributed by atoms with van der Waals surface area (Å²) in [5.74, 6) is 0.243. The van der Waals surface area contributed by atoms with E-state index in [0.717, 1.165) is 26.1 Å². The molecule has 2 aromatic rings. The summed E-state index contributed by atoms with van der Waals surface area (Å²) >= 11 is 0. The number of benzene rings is 1. The number of rotatable bonds is 8. The SMILES string of the molecule is CC[NH+](CC)CCCNC(=O)c1cc2cc(OC)ccc2oc1=O. The smallest absolute Gasteiger partial charge is 0.349 e. The van der Waals surface area contributed by atoms with Gasteiger partial charge in [-0.3, -0.25) is 4.79 Å². The van der Waals surface area contributed by atoms with Crippen LogP contribution in [0.25, 0.3) is 11.0 Å². The van der Waals surface area contributed by atoms with E-state index in [1.54, 1.807) is 31.4 Å². The highest BCUT2D eigenvalue weighted by Crippen LogP contribution is 2.20. The molecule has 0 bridgehead atoms. The van der Waals surface area contributed by atoms with Gasteiger partial charge in [0.15, 0.2) is 0 Å². The van der Waals surface area contributed by atoms with Gasteiger partial charge < -0.3 is 19.4 Å². The van der Waals surface area contributed by atoms with Crippen LogP contribution in [0, 0.1) is 0 Å². The standard InChI is InChI=1S/C18H24N2O4/c1-4-20(5-2)10-6-9-19-17(21)15-12-13-11-14(23-3)7-8-16(13)24-18(15)22/h7-8,11-12H,4-6,9-10H2,1-3H3,(H,19,21)/p+1. The lowest BCUT2D eigenvalue weighted by Crippen LogP contribution is -3.11. The van der Waals surface area contributed by atoms with Crippen molar-refractivity contribution in [1.82, 2.24) is 5.32 Å². The maximum atomic E-state index is 12.2. The number of methoxy groups -OCH3 is 1. The minimum Gasteiger partial charge on any atom is -0.497 e. The van der Waals surface area contributed by atoms with Gasteiger partial charge in [-0.05, 0) is 38.1 Å². The number of amides is 1. The zero-order valence-electron chi connectivity index (χ0n) is 14.5. The molecule has 1 aromatic heterocycles. The summed E-state index contributed by atoms with van der Waals surface area (Å²) in [5.41, 5.74) is -0.173. The van der Waals surface area contributed by atoms with E-state index >= 15 is 0 Å². The van der Waals surface area contributed by atoms with Gasteiger partial charge in [-0.15, -0.1) is 0 Å². The van der Waals surface area contributed by atoms with Crippen molar-refractivity contribution in [3.05, 3.63) is 40.2 Å². The molecule has 6 nitrogen and oxygen atoms in total. The lowest BCUT2D eigenvalue weighted by molar-refractivity contribution is -0.896. The van der Waals surface area contributed by atoms with E-state index in [1.807, 2.05) is 0 Å². The van der Waals surface area contributed by atoms with Crippen molar-refractivity contribution in [3.8, 4) is 5.75 Å². The zero-order valence-corrected chi connectivity index (χ0v) is 14.5. The van der Waals surface area contributed by atoms with Crippen LogP contribution in [0.1, 0.15) is 30.6 Å². The Labute approximate surface area is 141 Å². The minimum atomic E-state index is -0.625. The Morgan fingerprint density at radius 1 is 1.25 bits per heavy atom. The van der Waals surface area contributed by atoms with E-state index in [4.69, 9.17) is 9.15 Å². The molecule has 2 rings (SSSR count). The maximum Gasteiger partial charge on any atom is 0.349 e. The number of hydrogen-bond donors (Lipinski definition) is 2. The summed E-state index contributed by atoms with van der Waals surface area (Å²) in [4.78, 5) is 25.7. The Kier molecular flexibility index (Phi) is 6.37. The van der Waals surface area contributed by atoms with Crippen LogP contribution in [0.4, 0.5) is 0 Å². The van der Waals surface area contributed by atoms with Crippen LogP contribution < -0.4 is 20.6 Å². The molecule has 0 spiro atoms. The van der Waals surface area contributed by atoms with Gasteiger partial charge in [-0.1, -0.05) is 0 Å². The van der Waals surface area contributed by atoms with Crippen LogP contribution >= 0.6 is 0 Å². The molecule has 0 aliphatic rings. The molecule has 0 saturated carbocycles. The van der Waals surface area contributed by atoms with E-state index in [-0.39, 0.29) is 5.56 Å². The van der Waals surface area contributed by atoms with Gasteiger partial charge in [0.1, 0.15) is 16.9 Å². The molecule has 0 aliphatic carbocycles. The van der Waals surface area contributed by atoms with E-state index < -0.39 is 11.5 Å². The molecule has 6 heteroatoms. The second-order valence-electron chi connectivity index (χ2n) is 5.67. The number of carbonyl (C=O) groups excluding carboxylic acids is 1. The highest BCUT2D eigenvalue weighted by Gasteiger charge is 2.14. The first kappa shape index (κ1) is 18.0. The van der Waals surface area contributed by atoms with Crippen LogP contribution in [0.3, 0.4) is 0 Å². The third-order valence-electron chi connectivity index (χ3n) is 4.18. The summed E-state index contributed by atoms with van der Waals surface area (Å²) < 4.78 is 10.4.